The maximum atomic E-state index is 2.54. The molecule has 6 aliphatic carbocycles. The lowest BCUT2D eigenvalue weighted by atomic mass is 9.67. The van der Waals surface area contributed by atoms with Gasteiger partial charge < -0.3 is 9.80 Å². The zero-order valence-corrected chi connectivity index (χ0v) is 71.9. The first-order valence-electron chi connectivity index (χ1n) is 44.9. The molecule has 0 aromatic heterocycles. The van der Waals surface area contributed by atoms with E-state index < -0.39 is 16.2 Å². The smallest absolute Gasteiger partial charge is 0.0714 e. The minimum Gasteiger partial charge on any atom is -0.310 e. The minimum absolute atomic E-state index is 0.144. The second-order valence-corrected chi connectivity index (χ2v) is 36.5. The number of benzene rings is 19. The van der Waals surface area contributed by atoms with Gasteiger partial charge in [0.1, 0.15) is 0 Å². The van der Waals surface area contributed by atoms with E-state index in [1.165, 1.54) is 172 Å². The first-order chi connectivity index (χ1) is 62.4. The van der Waals surface area contributed by atoms with E-state index in [0.717, 1.165) is 34.1 Å². The first kappa shape index (κ1) is 75.5. The zero-order valence-electron chi connectivity index (χ0n) is 71.9. The summed E-state index contributed by atoms with van der Waals surface area (Å²) in [6.07, 6.45) is 0. The Balaban J connectivity index is 0.000000142. The Morgan fingerprint density at radius 3 is 0.575 bits per heavy atom. The molecule has 0 fully saturated rings. The van der Waals surface area contributed by atoms with Crippen LogP contribution >= 0.6 is 0 Å². The van der Waals surface area contributed by atoms with Gasteiger partial charge in [-0.05, 0) is 252 Å². The molecule has 0 amide bonds. The van der Waals surface area contributed by atoms with Crippen molar-refractivity contribution in [3.8, 4) is 66.8 Å². The third kappa shape index (κ3) is 10.9. The second kappa shape index (κ2) is 28.9. The van der Waals surface area contributed by atoms with Crippen molar-refractivity contribution in [1.29, 1.82) is 0 Å². The Bertz CT molecular complexity index is 7270. The largest absolute Gasteiger partial charge is 0.310 e. The summed E-state index contributed by atoms with van der Waals surface area (Å²) in [5.41, 5.74) is 44.9. The van der Waals surface area contributed by atoms with Gasteiger partial charge in [-0.1, -0.05) is 422 Å². The molecular weight excluding hydrogens is 1530 g/mol. The summed E-state index contributed by atoms with van der Waals surface area (Å²) in [4.78, 5) is 5.06. The van der Waals surface area contributed by atoms with E-state index in [1.807, 2.05) is 0 Å². The normalized spacial score (nSPS) is 15.8. The lowest BCUT2D eigenvalue weighted by Crippen LogP contribution is -2.29. The molecule has 19 aromatic rings. The van der Waals surface area contributed by atoms with E-state index in [9.17, 15) is 0 Å². The maximum absolute atomic E-state index is 2.54. The Morgan fingerprint density at radius 2 is 0.307 bits per heavy atom. The van der Waals surface area contributed by atoms with Crippen molar-refractivity contribution in [2.75, 3.05) is 9.80 Å². The third-order valence-electron chi connectivity index (χ3n) is 29.7. The Hall–Kier alpha value is -15.2. The Kier molecular flexibility index (Phi) is 17.2. The summed E-state index contributed by atoms with van der Waals surface area (Å²) < 4.78 is 0. The van der Waals surface area contributed by atoms with Crippen molar-refractivity contribution in [2.24, 2.45) is 0 Å². The fraction of sp³-hybridized carbons (Fsp3) is 0.0880. The molecule has 0 saturated heterocycles. The molecule has 0 N–H and O–H groups in total. The van der Waals surface area contributed by atoms with E-state index >= 15 is 0 Å². The molecule has 0 spiro atoms. The van der Waals surface area contributed by atoms with Crippen LogP contribution < -0.4 is 9.80 Å². The molecular formula is C125H92N2. The molecule has 0 aliphatic heterocycles. The molecule has 0 bridgehead atoms. The molecule has 2 nitrogen and oxygen atoms in total. The van der Waals surface area contributed by atoms with Gasteiger partial charge in [0.25, 0.3) is 0 Å². The molecule has 127 heavy (non-hydrogen) atoms. The molecule has 0 radical (unpaired) electrons. The maximum Gasteiger partial charge on any atom is 0.0714 e. The van der Waals surface area contributed by atoms with Gasteiger partial charge in [-0.3, -0.25) is 0 Å². The van der Waals surface area contributed by atoms with Crippen LogP contribution in [0.25, 0.3) is 66.8 Å². The summed E-state index contributed by atoms with van der Waals surface area (Å²) in [6.45, 7) is 11.9. The van der Waals surface area contributed by atoms with Crippen molar-refractivity contribution >= 4 is 34.1 Å². The Morgan fingerprint density at radius 1 is 0.134 bits per heavy atom. The monoisotopic (exact) mass is 1620 g/mol. The van der Waals surface area contributed by atoms with Crippen molar-refractivity contribution in [3.63, 3.8) is 0 Å². The van der Waals surface area contributed by atoms with Gasteiger partial charge in [0.2, 0.25) is 0 Å². The van der Waals surface area contributed by atoms with Crippen molar-refractivity contribution < 1.29 is 0 Å². The van der Waals surface area contributed by atoms with E-state index in [4.69, 9.17) is 0 Å². The topological polar surface area (TPSA) is 6.48 Å². The second-order valence-electron chi connectivity index (χ2n) is 36.5. The number of fused-ring (bicyclic) bond motifs is 18. The van der Waals surface area contributed by atoms with Gasteiger partial charge in [0.05, 0.1) is 16.2 Å². The molecule has 2 heteroatoms. The molecule has 0 saturated carbocycles. The fourth-order valence-corrected chi connectivity index (χ4v) is 24.0. The van der Waals surface area contributed by atoms with Gasteiger partial charge in [0.15, 0.2) is 0 Å². The SMILES string of the molecule is CC1(C)c2ccccc2-c2ccc(N(c3ccc4c(c3)C(C)(c3ccccc3)c3ccccc3-4)c3ccc4c(c3)C(c3ccccc3)(c3ccccc3)c3ccccc3-4)cc21.CC1(C)c2ccccc2-c2ccc(N(c3ccc4c(c3)C(c3ccccc3)(c3ccccc3)c3ccccc3-4)c3ccc4c(c3)C(c3ccccc3)(c3ccccc3)c3ccccc3-4)cc21. The summed E-state index contributed by atoms with van der Waals surface area (Å²) in [6, 6.07) is 175. The minimum atomic E-state index is -0.535. The van der Waals surface area contributed by atoms with E-state index in [2.05, 4.69) is 512 Å². The highest BCUT2D eigenvalue weighted by Gasteiger charge is 2.51. The summed E-state index contributed by atoms with van der Waals surface area (Å²) in [5, 5.41) is 0. The lowest BCUT2D eigenvalue weighted by molar-refractivity contribution is 0.660. The first-order valence-corrected chi connectivity index (χ1v) is 44.9. The van der Waals surface area contributed by atoms with Crippen molar-refractivity contribution in [2.45, 2.75) is 67.1 Å². The quantitative estimate of drug-likeness (QED) is 0.114. The average molecular weight is 1620 g/mol. The van der Waals surface area contributed by atoms with Gasteiger partial charge in [-0.15, -0.1) is 0 Å². The van der Waals surface area contributed by atoms with E-state index in [0.29, 0.717) is 0 Å². The molecule has 25 rings (SSSR count). The van der Waals surface area contributed by atoms with E-state index in [1.54, 1.807) is 0 Å². The zero-order chi connectivity index (χ0) is 85.0. The van der Waals surface area contributed by atoms with Gasteiger partial charge >= 0.3 is 0 Å². The van der Waals surface area contributed by atoms with Crippen LogP contribution in [0.15, 0.2) is 467 Å². The molecule has 602 valence electrons. The number of anilines is 6. The van der Waals surface area contributed by atoms with E-state index in [-0.39, 0.29) is 16.2 Å². The molecule has 0 heterocycles. The van der Waals surface area contributed by atoms with Crippen LogP contribution in [-0.4, -0.2) is 0 Å². The standard InChI is InChI=1S/C65H47N.C60H45N/c1-63(2)57-32-18-15-29-51(57)54-38-35-48(41-60(54)63)66(49-36-39-55-52-30-16-19-33-58(52)64(61(55)42-49,44-21-7-3-8-22-44)45-23-9-4-10-24-45)50-37-40-56-53-31-17-20-34-59(53)65(62(56)43-50,46-25-11-5-12-26-46)47-27-13-6-14-28-47;1-58(2)52-28-16-13-25-46(52)49-34-31-43(37-55(49)58)61(44-32-35-50-47-26-14-17-29-53(47)59(3,56(50)38-44)40-19-7-4-8-20-40)45-33-36-51-48-27-15-18-30-54(48)60(57(51)39-45,41-21-9-5-10-22-41)42-23-11-6-12-24-42/h3-43H,1-2H3;4-39H,1-3H3. The molecule has 1 atom stereocenters. The fourth-order valence-electron chi connectivity index (χ4n) is 24.0. The van der Waals surface area contributed by atoms with Crippen LogP contribution in [0, 0.1) is 0 Å². The van der Waals surface area contributed by atoms with Crippen LogP contribution in [0.3, 0.4) is 0 Å². The highest BCUT2D eigenvalue weighted by molar-refractivity contribution is 5.97. The van der Waals surface area contributed by atoms with Crippen LogP contribution in [0.5, 0.6) is 0 Å². The highest BCUT2D eigenvalue weighted by atomic mass is 15.1. The van der Waals surface area contributed by atoms with Gasteiger partial charge in [-0.2, -0.15) is 0 Å². The Labute approximate surface area is 745 Å². The van der Waals surface area contributed by atoms with Crippen molar-refractivity contribution in [1.82, 2.24) is 0 Å². The number of nitrogens with zero attached hydrogens (tertiary/aromatic N) is 2. The van der Waals surface area contributed by atoms with Crippen LogP contribution in [0.1, 0.15) is 140 Å². The highest BCUT2D eigenvalue weighted by Crippen LogP contribution is 2.64. The van der Waals surface area contributed by atoms with Crippen LogP contribution in [-0.2, 0) is 32.5 Å². The predicted molar refractivity (Wildman–Crippen MR) is 527 cm³/mol. The predicted octanol–water partition coefficient (Wildman–Crippen LogP) is 31.3. The average Bonchev–Trinajstić information content (AvgIpc) is 1.55. The number of hydrogen-bond donors (Lipinski definition) is 0. The van der Waals surface area contributed by atoms with Gasteiger partial charge in [-0.25, -0.2) is 0 Å². The van der Waals surface area contributed by atoms with Crippen LogP contribution in [0.4, 0.5) is 34.1 Å². The third-order valence-corrected chi connectivity index (χ3v) is 29.7. The molecule has 6 aliphatic rings. The van der Waals surface area contributed by atoms with Crippen molar-refractivity contribution in [3.05, 3.63) is 573 Å². The number of rotatable bonds is 13. The number of hydrogen-bond acceptors (Lipinski definition) is 2. The van der Waals surface area contributed by atoms with Gasteiger partial charge in [0, 0.05) is 50.4 Å². The summed E-state index contributed by atoms with van der Waals surface area (Å²) >= 11 is 0. The summed E-state index contributed by atoms with van der Waals surface area (Å²) in [5.74, 6) is 0. The lowest BCUT2D eigenvalue weighted by Gasteiger charge is -2.36. The summed E-state index contributed by atoms with van der Waals surface area (Å²) in [7, 11) is 0. The van der Waals surface area contributed by atoms with Crippen LogP contribution in [0.2, 0.25) is 0 Å². The molecule has 19 aromatic carbocycles. The molecule has 1 unspecified atom stereocenters.